The van der Waals surface area contributed by atoms with Crippen LogP contribution in [-0.2, 0) is 36.7 Å². The van der Waals surface area contributed by atoms with Gasteiger partial charge in [0, 0.05) is 0 Å². The topological polar surface area (TPSA) is 289 Å². The summed E-state index contributed by atoms with van der Waals surface area (Å²) in [5.41, 5.74) is 10.4. The number of anilines is 2. The van der Waals surface area contributed by atoms with Gasteiger partial charge < -0.3 is 30.7 Å². The van der Waals surface area contributed by atoms with Gasteiger partial charge in [-0.2, -0.15) is 4.98 Å². The van der Waals surface area contributed by atoms with Gasteiger partial charge in [-0.05, 0) is 0 Å². The lowest BCUT2D eigenvalue weighted by Crippen LogP contribution is -2.35. The molecule has 10 atom stereocenters. The number of nitrogens with zero attached hydrogens (tertiary/aromatic N) is 7. The third-order valence-electron chi connectivity index (χ3n) is 7.23. The smallest absolute Gasteiger partial charge is 0.382 e. The zero-order valence-electron chi connectivity index (χ0n) is 22.3. The molecule has 0 aromatic carbocycles. The number of hydrogen-bond acceptors (Lipinski definition) is 16. The molecule has 4 aromatic heterocycles. The Labute approximate surface area is 247 Å². The van der Waals surface area contributed by atoms with E-state index in [1.165, 1.54) is 0 Å². The van der Waals surface area contributed by atoms with Gasteiger partial charge in [-0.15, -0.1) is 0 Å². The average Bonchev–Trinajstić information content (AvgIpc) is 3.72. The number of alkyl halides is 2. The number of phosphoric acid groups is 2. The van der Waals surface area contributed by atoms with Crippen molar-refractivity contribution in [3.63, 3.8) is 0 Å². The molecule has 3 saturated heterocycles. The first-order valence-electron chi connectivity index (χ1n) is 12.9. The number of aromatic nitrogens is 8. The van der Waals surface area contributed by atoms with Crippen molar-refractivity contribution < 1.29 is 55.3 Å². The SMILES string of the molecule is Nc1nc2c(ncn2C2O[C@@H]3COP(=O)(O)O[C@@H]4[C@H](F)[C@@H](COP(=O)(O)O[C@@H]2[C@@H]3F)O[C@H]4n2cnc3c(N)ncnc32)c(=O)[nH]1. The zero-order valence-corrected chi connectivity index (χ0v) is 24.1. The van der Waals surface area contributed by atoms with Gasteiger partial charge >= 0.3 is 15.6 Å². The molecule has 0 amide bonds. The number of nitrogen functional groups attached to an aromatic ring is 2. The van der Waals surface area contributed by atoms with Gasteiger partial charge in [-0.1, -0.05) is 0 Å². The summed E-state index contributed by atoms with van der Waals surface area (Å²) < 4.78 is 91.4. The summed E-state index contributed by atoms with van der Waals surface area (Å²) in [6.45, 7) is -1.98. The number of ether oxygens (including phenoxy) is 2. The number of hydrogen-bond donors (Lipinski definition) is 5. The van der Waals surface area contributed by atoms with E-state index in [0.29, 0.717) is 0 Å². The monoisotopic (exact) mass is 678 g/mol. The highest BCUT2D eigenvalue weighted by Gasteiger charge is 2.55. The second kappa shape index (κ2) is 10.8. The maximum Gasteiger partial charge on any atom is 0.472 e. The Bertz CT molecular complexity index is 1940. The standard InChI is InChI=1S/C20H22F2N10O11P2/c21-8-6-1-38-45(36,37)43-13-9(22)7(41-19(13)32-5-28-11-16(32)29-20(24)30-17(11)33)2-39-44(34,35)42-12(8)18(40-6)31-4-27-10-14(23)25-3-26-15(10)31/h3-9,12-13,18-19H,1-2H2,(H,34,35)(H,36,37)(H2,23,25,26)(H3,24,29,30,33)/t6-,7-,8-,9-,12-,13-,18-,19?/m1/s1. The van der Waals surface area contributed by atoms with Crippen LogP contribution in [0.3, 0.4) is 0 Å². The number of phosphoric ester groups is 2. The number of aromatic amines is 1. The van der Waals surface area contributed by atoms with Crippen LogP contribution in [0.2, 0.25) is 0 Å². The Kier molecular flexibility index (Phi) is 7.24. The second-order valence-corrected chi connectivity index (χ2v) is 12.9. The van der Waals surface area contributed by atoms with E-state index in [2.05, 4.69) is 29.9 Å². The molecule has 7 heterocycles. The fourth-order valence-corrected chi connectivity index (χ4v) is 7.07. The summed E-state index contributed by atoms with van der Waals surface area (Å²) in [6, 6.07) is 0. The molecule has 25 heteroatoms. The van der Waals surface area contributed by atoms with Crippen molar-refractivity contribution in [2.75, 3.05) is 24.7 Å². The van der Waals surface area contributed by atoms with Crippen molar-refractivity contribution in [2.45, 2.75) is 49.2 Å². The molecule has 0 radical (unpaired) electrons. The van der Waals surface area contributed by atoms with E-state index in [1.807, 2.05) is 0 Å². The summed E-state index contributed by atoms with van der Waals surface area (Å²) in [7, 11) is -10.4. The number of nitrogens with two attached hydrogens (primary N) is 2. The van der Waals surface area contributed by atoms with E-state index < -0.39 is 83.6 Å². The van der Waals surface area contributed by atoms with Crippen molar-refractivity contribution in [3.05, 3.63) is 29.3 Å². The third-order valence-corrected chi connectivity index (χ3v) is 9.20. The minimum absolute atomic E-state index is 0.0253. The Morgan fingerprint density at radius 3 is 1.96 bits per heavy atom. The maximum absolute atomic E-state index is 15.8. The van der Waals surface area contributed by atoms with E-state index in [1.54, 1.807) is 0 Å². The fourth-order valence-electron chi connectivity index (χ4n) is 5.22. The van der Waals surface area contributed by atoms with Gasteiger partial charge in [-0.25, -0.2) is 37.8 Å². The molecule has 0 saturated carbocycles. The normalized spacial score (nSPS) is 37.7. The van der Waals surface area contributed by atoms with E-state index in [9.17, 15) is 23.7 Å². The molecule has 3 fully saturated rings. The molecule has 7 N–H and O–H groups in total. The van der Waals surface area contributed by atoms with Gasteiger partial charge in [0.25, 0.3) is 5.56 Å². The highest BCUT2D eigenvalue weighted by Crippen LogP contribution is 2.54. The molecule has 4 aromatic rings. The predicted molar refractivity (Wildman–Crippen MR) is 141 cm³/mol. The number of halogens is 2. The third kappa shape index (κ3) is 5.29. The Morgan fingerprint density at radius 1 is 0.844 bits per heavy atom. The summed E-state index contributed by atoms with van der Waals surface area (Å²) in [5, 5.41) is 0. The van der Waals surface area contributed by atoms with Crippen LogP contribution >= 0.6 is 15.6 Å². The molecule has 45 heavy (non-hydrogen) atoms. The van der Waals surface area contributed by atoms with Crippen molar-refractivity contribution in [3.8, 4) is 0 Å². The van der Waals surface area contributed by atoms with Gasteiger partial charge in [0.1, 0.15) is 36.3 Å². The lowest BCUT2D eigenvalue weighted by atomic mass is 10.1. The quantitative estimate of drug-likeness (QED) is 0.169. The van der Waals surface area contributed by atoms with Crippen LogP contribution in [0.25, 0.3) is 22.3 Å². The summed E-state index contributed by atoms with van der Waals surface area (Å²) in [6.07, 6.45) is -11.9. The van der Waals surface area contributed by atoms with Crippen LogP contribution in [-0.4, -0.2) is 98.8 Å². The van der Waals surface area contributed by atoms with Crippen LogP contribution in [0.4, 0.5) is 20.5 Å². The average molecular weight is 678 g/mol. The number of fused-ring (bicyclic) bond motifs is 6. The molecule has 3 aliphatic heterocycles. The highest BCUT2D eigenvalue weighted by molar-refractivity contribution is 7.47. The first-order valence-corrected chi connectivity index (χ1v) is 15.9. The van der Waals surface area contributed by atoms with Crippen molar-refractivity contribution in [1.82, 2.24) is 39.0 Å². The van der Waals surface area contributed by atoms with Gasteiger partial charge in [0.2, 0.25) is 5.95 Å². The minimum atomic E-state index is -5.23. The van der Waals surface area contributed by atoms with Crippen LogP contribution in [0.15, 0.2) is 23.8 Å². The molecule has 0 spiro atoms. The van der Waals surface area contributed by atoms with Gasteiger partial charge in [0.05, 0.1) is 25.9 Å². The summed E-state index contributed by atoms with van der Waals surface area (Å²) in [5.74, 6) is -0.356. The van der Waals surface area contributed by atoms with Crippen molar-refractivity contribution in [2.24, 2.45) is 0 Å². The predicted octanol–water partition coefficient (Wildman–Crippen LogP) is -0.387. The zero-order chi connectivity index (χ0) is 31.8. The largest absolute Gasteiger partial charge is 0.472 e. The van der Waals surface area contributed by atoms with Crippen LogP contribution in [0.1, 0.15) is 12.5 Å². The maximum atomic E-state index is 15.8. The molecule has 242 valence electrons. The number of rotatable bonds is 2. The minimum Gasteiger partial charge on any atom is -0.382 e. The number of nitrogens with one attached hydrogen (secondary N) is 1. The van der Waals surface area contributed by atoms with Crippen molar-refractivity contribution >= 4 is 49.7 Å². The molecular formula is C20H22F2N10O11P2. The van der Waals surface area contributed by atoms with Gasteiger partial charge in [-0.3, -0.25) is 37.0 Å². The first-order chi connectivity index (χ1) is 21.3. The highest BCUT2D eigenvalue weighted by atomic mass is 31.2. The number of imidazole rings is 2. The van der Waals surface area contributed by atoms with E-state index in [-0.39, 0.29) is 34.1 Å². The first kappa shape index (κ1) is 30.2. The van der Waals surface area contributed by atoms with Crippen molar-refractivity contribution in [1.29, 1.82) is 0 Å². The summed E-state index contributed by atoms with van der Waals surface area (Å²) in [4.78, 5) is 55.3. The lowest BCUT2D eigenvalue weighted by molar-refractivity contribution is -0.0671. The molecule has 4 bridgehead atoms. The van der Waals surface area contributed by atoms with Crippen LogP contribution in [0.5, 0.6) is 0 Å². The molecule has 3 unspecified atom stereocenters. The molecule has 7 rings (SSSR count). The molecule has 21 nitrogen and oxygen atoms in total. The molecule has 0 aliphatic carbocycles. The van der Waals surface area contributed by atoms with Crippen LogP contribution < -0.4 is 17.0 Å². The van der Waals surface area contributed by atoms with E-state index in [0.717, 1.165) is 28.1 Å². The molecule has 3 aliphatic rings. The van der Waals surface area contributed by atoms with E-state index in [4.69, 9.17) is 39.0 Å². The Hall–Kier alpha value is -3.50. The number of H-pyrrole nitrogens is 1. The van der Waals surface area contributed by atoms with Crippen LogP contribution in [0, 0.1) is 0 Å². The summed E-state index contributed by atoms with van der Waals surface area (Å²) >= 11 is 0. The fraction of sp³-hybridized carbons (Fsp3) is 0.500. The molecular weight excluding hydrogens is 656 g/mol. The van der Waals surface area contributed by atoms with Gasteiger partial charge in [0.15, 0.2) is 47.4 Å². The lowest BCUT2D eigenvalue weighted by Gasteiger charge is -2.24. The Morgan fingerprint density at radius 2 is 1.38 bits per heavy atom. The second-order valence-electron chi connectivity index (χ2n) is 10.0. The Balaban J connectivity index is 1.23. The van der Waals surface area contributed by atoms with E-state index >= 15 is 8.78 Å².